The molecule has 3 rings (SSSR count). The quantitative estimate of drug-likeness (QED) is 0.659. The van der Waals surface area contributed by atoms with Crippen LogP contribution >= 0.6 is 0 Å². The number of hydrogen-bond donors (Lipinski definition) is 1. The molecule has 0 aliphatic heterocycles. The summed E-state index contributed by atoms with van der Waals surface area (Å²) in [4.78, 5) is 16.7. The molecule has 0 radical (unpaired) electrons. The molecule has 0 atom stereocenters. The number of aryl methyl sites for hydroxylation is 1. The van der Waals surface area contributed by atoms with Crippen molar-refractivity contribution in [1.29, 1.82) is 0 Å². The smallest absolute Gasteiger partial charge is 0.338 e. The van der Waals surface area contributed by atoms with Crippen LogP contribution in [0.3, 0.4) is 0 Å². The molecule has 0 amide bonds. The summed E-state index contributed by atoms with van der Waals surface area (Å²) in [5, 5.41) is 9.85. The summed E-state index contributed by atoms with van der Waals surface area (Å²) in [5.41, 5.74) is 4.27. The summed E-state index contributed by atoms with van der Waals surface area (Å²) in [6, 6.07) is 15.8. The second kappa shape index (κ2) is 7.08. The van der Waals surface area contributed by atoms with E-state index in [-0.39, 0.29) is 17.3 Å². The van der Waals surface area contributed by atoms with Crippen LogP contribution in [0, 0.1) is 12.7 Å². The number of nitrogens with zero attached hydrogens (tertiary/aromatic N) is 1. The lowest BCUT2D eigenvalue weighted by Gasteiger charge is -2.17. The molecular formula is C22H20FNO2. The van der Waals surface area contributed by atoms with E-state index in [4.69, 9.17) is 0 Å². The second-order valence-electron chi connectivity index (χ2n) is 6.60. The third kappa shape index (κ3) is 3.36. The molecular weight excluding hydrogens is 329 g/mol. The van der Waals surface area contributed by atoms with Crippen LogP contribution in [-0.4, -0.2) is 16.1 Å². The van der Waals surface area contributed by atoms with E-state index in [9.17, 15) is 14.3 Å². The highest BCUT2D eigenvalue weighted by atomic mass is 19.1. The third-order valence-electron chi connectivity index (χ3n) is 4.36. The molecule has 0 aliphatic carbocycles. The van der Waals surface area contributed by atoms with Gasteiger partial charge in [0, 0.05) is 11.1 Å². The Balaban J connectivity index is 2.36. The van der Waals surface area contributed by atoms with Gasteiger partial charge in [0.2, 0.25) is 0 Å². The highest BCUT2D eigenvalue weighted by molar-refractivity contribution is 5.98. The van der Waals surface area contributed by atoms with Crippen molar-refractivity contribution in [3.8, 4) is 22.4 Å². The van der Waals surface area contributed by atoms with E-state index in [1.807, 2.05) is 44.2 Å². The van der Waals surface area contributed by atoms with Crippen LogP contribution in [0.15, 0.2) is 54.6 Å². The number of benzene rings is 2. The summed E-state index contributed by atoms with van der Waals surface area (Å²) >= 11 is 0. The van der Waals surface area contributed by atoms with E-state index in [0.29, 0.717) is 28.1 Å². The minimum absolute atomic E-state index is 0.0655. The van der Waals surface area contributed by atoms with E-state index in [2.05, 4.69) is 4.98 Å². The van der Waals surface area contributed by atoms with Crippen molar-refractivity contribution >= 4 is 5.97 Å². The maximum Gasteiger partial charge on any atom is 0.338 e. The van der Waals surface area contributed by atoms with E-state index >= 15 is 0 Å². The predicted molar refractivity (Wildman–Crippen MR) is 101 cm³/mol. The lowest BCUT2D eigenvalue weighted by Crippen LogP contribution is -2.10. The average molecular weight is 349 g/mol. The number of hydrogen-bond acceptors (Lipinski definition) is 2. The van der Waals surface area contributed by atoms with Crippen molar-refractivity contribution in [1.82, 2.24) is 4.98 Å². The van der Waals surface area contributed by atoms with Gasteiger partial charge in [0.05, 0.1) is 17.0 Å². The van der Waals surface area contributed by atoms with Gasteiger partial charge in [0.25, 0.3) is 0 Å². The fourth-order valence-corrected chi connectivity index (χ4v) is 3.11. The van der Waals surface area contributed by atoms with Gasteiger partial charge < -0.3 is 5.11 Å². The third-order valence-corrected chi connectivity index (χ3v) is 4.36. The molecule has 0 fully saturated rings. The largest absolute Gasteiger partial charge is 0.478 e. The first-order valence-corrected chi connectivity index (χ1v) is 8.48. The maximum atomic E-state index is 13.5. The molecule has 0 unspecified atom stereocenters. The molecule has 0 aliphatic rings. The normalized spacial score (nSPS) is 11.0. The molecule has 1 N–H and O–H groups in total. The SMILES string of the molecule is Cc1cc(F)ccc1-c1cc(-c2ccccc2)nc(C(C)C)c1C(=O)O. The van der Waals surface area contributed by atoms with Gasteiger partial charge in [-0.1, -0.05) is 50.2 Å². The van der Waals surface area contributed by atoms with E-state index in [0.717, 1.165) is 5.56 Å². The van der Waals surface area contributed by atoms with Gasteiger partial charge in [0.1, 0.15) is 5.82 Å². The molecule has 0 spiro atoms. The molecule has 4 heteroatoms. The number of carboxylic acids is 1. The number of carbonyl (C=O) groups is 1. The fraction of sp³-hybridized carbons (Fsp3) is 0.182. The number of aromatic carboxylic acids is 1. The van der Waals surface area contributed by atoms with Crippen molar-refractivity contribution in [3.63, 3.8) is 0 Å². The molecule has 132 valence electrons. The monoisotopic (exact) mass is 349 g/mol. The highest BCUT2D eigenvalue weighted by Gasteiger charge is 2.23. The molecule has 2 aromatic carbocycles. The Morgan fingerprint density at radius 1 is 1.04 bits per heavy atom. The minimum atomic E-state index is -1.03. The van der Waals surface area contributed by atoms with Crippen LogP contribution in [-0.2, 0) is 0 Å². The van der Waals surface area contributed by atoms with Gasteiger partial charge in [-0.05, 0) is 42.2 Å². The second-order valence-corrected chi connectivity index (χ2v) is 6.60. The van der Waals surface area contributed by atoms with Crippen LogP contribution in [0.2, 0.25) is 0 Å². The van der Waals surface area contributed by atoms with Crippen molar-refractivity contribution in [2.45, 2.75) is 26.7 Å². The van der Waals surface area contributed by atoms with E-state index < -0.39 is 5.97 Å². The zero-order valence-corrected chi connectivity index (χ0v) is 15.0. The predicted octanol–water partition coefficient (Wildman–Crippen LogP) is 5.68. The number of pyridine rings is 1. The zero-order valence-electron chi connectivity index (χ0n) is 15.0. The lowest BCUT2D eigenvalue weighted by atomic mass is 9.90. The Morgan fingerprint density at radius 3 is 2.31 bits per heavy atom. The van der Waals surface area contributed by atoms with Crippen molar-refractivity contribution in [2.75, 3.05) is 0 Å². The van der Waals surface area contributed by atoms with Crippen LogP contribution in [0.25, 0.3) is 22.4 Å². The Labute approximate surface area is 152 Å². The van der Waals surface area contributed by atoms with Crippen molar-refractivity contribution in [3.05, 3.63) is 77.2 Å². The molecule has 1 aromatic heterocycles. The first-order valence-electron chi connectivity index (χ1n) is 8.48. The fourth-order valence-electron chi connectivity index (χ4n) is 3.11. The van der Waals surface area contributed by atoms with E-state index in [1.54, 1.807) is 19.1 Å². The number of carboxylic acid groups (broad SMARTS) is 1. The molecule has 0 saturated carbocycles. The average Bonchev–Trinajstić information content (AvgIpc) is 2.61. The van der Waals surface area contributed by atoms with E-state index in [1.165, 1.54) is 12.1 Å². The minimum Gasteiger partial charge on any atom is -0.478 e. The number of aromatic nitrogens is 1. The Bertz CT molecular complexity index is 965. The van der Waals surface area contributed by atoms with Gasteiger partial charge in [0.15, 0.2) is 0 Å². The first-order chi connectivity index (χ1) is 12.4. The topological polar surface area (TPSA) is 50.2 Å². The summed E-state index contributed by atoms with van der Waals surface area (Å²) in [7, 11) is 0. The summed E-state index contributed by atoms with van der Waals surface area (Å²) < 4.78 is 13.5. The lowest BCUT2D eigenvalue weighted by molar-refractivity contribution is 0.0695. The van der Waals surface area contributed by atoms with Crippen molar-refractivity contribution in [2.24, 2.45) is 0 Å². The molecule has 3 aromatic rings. The van der Waals surface area contributed by atoms with Crippen molar-refractivity contribution < 1.29 is 14.3 Å². The molecule has 0 saturated heterocycles. The van der Waals surface area contributed by atoms with Gasteiger partial charge in [-0.15, -0.1) is 0 Å². The van der Waals surface area contributed by atoms with Gasteiger partial charge >= 0.3 is 5.97 Å². The maximum absolute atomic E-state index is 13.5. The molecule has 0 bridgehead atoms. The highest BCUT2D eigenvalue weighted by Crippen LogP contribution is 2.35. The standard InChI is InChI=1S/C22H20FNO2/c1-13(2)21-20(22(25)26)18(17-10-9-16(23)11-14(17)3)12-19(24-21)15-7-5-4-6-8-15/h4-13H,1-3H3,(H,25,26). The van der Waals surface area contributed by atoms with Crippen LogP contribution in [0.4, 0.5) is 4.39 Å². The van der Waals surface area contributed by atoms with Crippen LogP contribution in [0.1, 0.15) is 41.4 Å². The summed E-state index contributed by atoms with van der Waals surface area (Å²) in [5.74, 6) is -1.44. The van der Waals surface area contributed by atoms with Gasteiger partial charge in [-0.3, -0.25) is 4.98 Å². The molecule has 3 nitrogen and oxygen atoms in total. The Kier molecular flexibility index (Phi) is 4.85. The zero-order chi connectivity index (χ0) is 18.8. The molecule has 26 heavy (non-hydrogen) atoms. The number of halogens is 1. The first kappa shape index (κ1) is 17.8. The molecule has 1 heterocycles. The van der Waals surface area contributed by atoms with Crippen LogP contribution < -0.4 is 0 Å². The number of rotatable bonds is 4. The van der Waals surface area contributed by atoms with Gasteiger partial charge in [-0.2, -0.15) is 0 Å². The summed E-state index contributed by atoms with van der Waals surface area (Å²) in [6.45, 7) is 5.62. The Morgan fingerprint density at radius 2 is 1.73 bits per heavy atom. The van der Waals surface area contributed by atoms with Gasteiger partial charge in [-0.25, -0.2) is 9.18 Å². The summed E-state index contributed by atoms with van der Waals surface area (Å²) in [6.07, 6.45) is 0. The van der Waals surface area contributed by atoms with Crippen LogP contribution in [0.5, 0.6) is 0 Å². The Hall–Kier alpha value is -3.01.